The summed E-state index contributed by atoms with van der Waals surface area (Å²) in [5.41, 5.74) is 0. The average Bonchev–Trinajstić information content (AvgIpc) is 2.54. The third-order valence-corrected chi connectivity index (χ3v) is 3.97. The van der Waals surface area contributed by atoms with Crippen molar-refractivity contribution in [1.29, 1.82) is 0 Å². The smallest absolute Gasteiger partial charge is 0.326 e. The molecule has 1 amide bonds. The summed E-state index contributed by atoms with van der Waals surface area (Å²) in [5.74, 6) is 0.359. The largest absolute Gasteiger partial charge is 0.494 e. The van der Waals surface area contributed by atoms with Crippen molar-refractivity contribution in [2.75, 3.05) is 19.8 Å². The molecule has 1 aromatic rings. The highest BCUT2D eigenvalue weighted by Crippen LogP contribution is 2.23. The molecule has 1 saturated heterocycles. The predicted octanol–water partition coefficient (Wildman–Crippen LogP) is 2.18. The summed E-state index contributed by atoms with van der Waals surface area (Å²) in [6.07, 6.45) is 1.31. The van der Waals surface area contributed by atoms with Gasteiger partial charge in [-0.3, -0.25) is 4.79 Å². The number of carbonyl (C=O) groups is 2. The molecule has 0 aromatic heterocycles. The Kier molecular flexibility index (Phi) is 5.84. The topological polar surface area (TPSA) is 76.1 Å². The fraction of sp³-hybridized carbons (Fsp3) is 0.529. The Morgan fingerprint density at radius 2 is 1.83 bits per heavy atom. The normalized spacial score (nSPS) is 20.9. The van der Waals surface area contributed by atoms with E-state index in [0.29, 0.717) is 31.2 Å². The van der Waals surface area contributed by atoms with Gasteiger partial charge < -0.3 is 19.5 Å². The number of nitrogens with zero attached hydrogens (tertiary/aromatic N) is 1. The maximum absolute atomic E-state index is 12.3. The van der Waals surface area contributed by atoms with Crippen LogP contribution in [0.25, 0.3) is 0 Å². The Morgan fingerprint density at radius 3 is 2.39 bits per heavy atom. The van der Waals surface area contributed by atoms with Gasteiger partial charge in [-0.25, -0.2) is 4.79 Å². The maximum Gasteiger partial charge on any atom is 0.326 e. The summed E-state index contributed by atoms with van der Waals surface area (Å²) in [6.45, 7) is 4.80. The average molecular weight is 321 g/mol. The van der Waals surface area contributed by atoms with Gasteiger partial charge in [-0.05, 0) is 49.9 Å². The van der Waals surface area contributed by atoms with Gasteiger partial charge in [-0.15, -0.1) is 0 Å². The highest BCUT2D eigenvalue weighted by atomic mass is 16.5. The van der Waals surface area contributed by atoms with Crippen LogP contribution in [0.2, 0.25) is 0 Å². The van der Waals surface area contributed by atoms with E-state index in [-0.39, 0.29) is 12.5 Å². The van der Waals surface area contributed by atoms with E-state index in [1.165, 1.54) is 4.90 Å². The lowest BCUT2D eigenvalue weighted by molar-refractivity contribution is -0.153. The predicted molar refractivity (Wildman–Crippen MR) is 84.6 cm³/mol. The number of piperidine rings is 1. The molecule has 2 unspecified atom stereocenters. The number of rotatable bonds is 6. The Morgan fingerprint density at radius 1 is 1.22 bits per heavy atom. The van der Waals surface area contributed by atoms with Crippen molar-refractivity contribution in [2.24, 2.45) is 5.92 Å². The minimum Gasteiger partial charge on any atom is -0.494 e. The molecule has 1 heterocycles. The molecular weight excluding hydrogens is 298 g/mol. The number of hydrogen-bond acceptors (Lipinski definition) is 4. The van der Waals surface area contributed by atoms with Crippen molar-refractivity contribution in [2.45, 2.75) is 32.7 Å². The number of ether oxygens (including phenoxy) is 2. The van der Waals surface area contributed by atoms with Crippen LogP contribution >= 0.6 is 0 Å². The summed E-state index contributed by atoms with van der Waals surface area (Å²) in [6, 6.07) is 6.24. The maximum atomic E-state index is 12.3. The third-order valence-electron chi connectivity index (χ3n) is 3.97. The zero-order valence-corrected chi connectivity index (χ0v) is 13.5. The van der Waals surface area contributed by atoms with Gasteiger partial charge >= 0.3 is 5.97 Å². The monoisotopic (exact) mass is 321 g/mol. The van der Waals surface area contributed by atoms with Crippen LogP contribution in [0.1, 0.15) is 26.7 Å². The second-order valence-electron chi connectivity index (χ2n) is 5.76. The molecule has 1 aliphatic rings. The lowest BCUT2D eigenvalue weighted by Gasteiger charge is -2.35. The SMILES string of the molecule is CCOc1ccc(OCC(=O)N2CCC(C)CC2C(=O)O)cc1. The van der Waals surface area contributed by atoms with E-state index in [1.54, 1.807) is 24.3 Å². The number of carbonyl (C=O) groups excluding carboxylic acids is 1. The van der Waals surface area contributed by atoms with Gasteiger partial charge in [0.15, 0.2) is 6.61 Å². The van der Waals surface area contributed by atoms with Crippen LogP contribution in [-0.2, 0) is 9.59 Å². The minimum absolute atomic E-state index is 0.161. The van der Waals surface area contributed by atoms with E-state index in [9.17, 15) is 14.7 Å². The summed E-state index contributed by atoms with van der Waals surface area (Å²) in [4.78, 5) is 25.0. The summed E-state index contributed by atoms with van der Waals surface area (Å²) in [7, 11) is 0. The summed E-state index contributed by atoms with van der Waals surface area (Å²) in [5, 5.41) is 9.29. The Labute approximate surface area is 136 Å². The van der Waals surface area contributed by atoms with Gasteiger partial charge in [0.05, 0.1) is 6.61 Å². The molecule has 0 aliphatic carbocycles. The van der Waals surface area contributed by atoms with Gasteiger partial charge in [-0.2, -0.15) is 0 Å². The molecule has 6 heteroatoms. The van der Waals surface area contributed by atoms with Crippen molar-refractivity contribution >= 4 is 11.9 Å². The van der Waals surface area contributed by atoms with Crippen LogP contribution in [0.15, 0.2) is 24.3 Å². The molecule has 1 fully saturated rings. The molecule has 2 atom stereocenters. The zero-order chi connectivity index (χ0) is 16.8. The number of aliphatic carboxylic acids is 1. The molecule has 2 rings (SSSR count). The first kappa shape index (κ1) is 17.1. The number of carboxylic acid groups (broad SMARTS) is 1. The number of hydrogen-bond donors (Lipinski definition) is 1. The summed E-state index contributed by atoms with van der Waals surface area (Å²) < 4.78 is 10.8. The van der Waals surface area contributed by atoms with Crippen molar-refractivity contribution in [3.8, 4) is 11.5 Å². The molecule has 1 aromatic carbocycles. The van der Waals surface area contributed by atoms with E-state index in [4.69, 9.17) is 9.47 Å². The molecule has 126 valence electrons. The molecule has 0 spiro atoms. The first-order valence-electron chi connectivity index (χ1n) is 7.89. The van der Waals surface area contributed by atoms with Crippen molar-refractivity contribution in [3.63, 3.8) is 0 Å². The van der Waals surface area contributed by atoms with Gasteiger partial charge in [-0.1, -0.05) is 6.92 Å². The standard InChI is InChI=1S/C17H23NO5/c1-3-22-13-4-6-14(7-5-13)23-11-16(19)18-9-8-12(2)10-15(18)17(20)21/h4-7,12,15H,3,8-11H2,1-2H3,(H,20,21). The second-order valence-corrected chi connectivity index (χ2v) is 5.76. The highest BCUT2D eigenvalue weighted by molar-refractivity contribution is 5.84. The van der Waals surface area contributed by atoms with Gasteiger partial charge in [0.25, 0.3) is 5.91 Å². The fourth-order valence-electron chi connectivity index (χ4n) is 2.70. The van der Waals surface area contributed by atoms with Crippen molar-refractivity contribution < 1.29 is 24.2 Å². The Hall–Kier alpha value is -2.24. The second kappa shape index (κ2) is 7.85. The number of carboxylic acids is 1. The van der Waals surface area contributed by atoms with Crippen LogP contribution < -0.4 is 9.47 Å². The van der Waals surface area contributed by atoms with Gasteiger partial charge in [0, 0.05) is 6.54 Å². The van der Waals surface area contributed by atoms with Crippen LogP contribution in [0.5, 0.6) is 11.5 Å². The Balaban J connectivity index is 1.91. The van der Waals surface area contributed by atoms with Gasteiger partial charge in [0.1, 0.15) is 17.5 Å². The quantitative estimate of drug-likeness (QED) is 0.869. The molecule has 1 aliphatic heterocycles. The first-order chi connectivity index (χ1) is 11.0. The van der Waals surface area contributed by atoms with E-state index in [0.717, 1.165) is 12.2 Å². The zero-order valence-electron chi connectivity index (χ0n) is 13.5. The number of likely N-dealkylation sites (tertiary alicyclic amines) is 1. The lowest BCUT2D eigenvalue weighted by atomic mass is 9.92. The van der Waals surface area contributed by atoms with Gasteiger partial charge in [0.2, 0.25) is 0 Å². The van der Waals surface area contributed by atoms with Crippen molar-refractivity contribution in [1.82, 2.24) is 4.90 Å². The van der Waals surface area contributed by atoms with E-state index in [1.807, 2.05) is 13.8 Å². The fourth-order valence-corrected chi connectivity index (χ4v) is 2.70. The number of benzene rings is 1. The van der Waals surface area contributed by atoms with Crippen LogP contribution in [0.3, 0.4) is 0 Å². The van der Waals surface area contributed by atoms with E-state index >= 15 is 0 Å². The van der Waals surface area contributed by atoms with Crippen molar-refractivity contribution in [3.05, 3.63) is 24.3 Å². The van der Waals surface area contributed by atoms with Crippen LogP contribution in [0.4, 0.5) is 0 Å². The molecule has 0 saturated carbocycles. The van der Waals surface area contributed by atoms with E-state index in [2.05, 4.69) is 0 Å². The molecule has 23 heavy (non-hydrogen) atoms. The lowest BCUT2D eigenvalue weighted by Crippen LogP contribution is -2.51. The number of amides is 1. The molecule has 0 radical (unpaired) electrons. The van der Waals surface area contributed by atoms with Crippen LogP contribution in [-0.4, -0.2) is 47.7 Å². The third kappa shape index (κ3) is 4.61. The molecular formula is C17H23NO5. The first-order valence-corrected chi connectivity index (χ1v) is 7.89. The highest BCUT2D eigenvalue weighted by Gasteiger charge is 2.34. The Bertz CT molecular complexity index is 542. The molecule has 0 bridgehead atoms. The summed E-state index contributed by atoms with van der Waals surface area (Å²) >= 11 is 0. The molecule has 1 N–H and O–H groups in total. The molecule has 6 nitrogen and oxygen atoms in total. The van der Waals surface area contributed by atoms with Crippen LogP contribution in [0, 0.1) is 5.92 Å². The minimum atomic E-state index is -0.953. The van der Waals surface area contributed by atoms with E-state index < -0.39 is 12.0 Å².